The molecule has 1 amide bonds. The highest BCUT2D eigenvalue weighted by Crippen LogP contribution is 2.14. The number of nitrogen functional groups attached to an aromatic ring is 1. The zero-order chi connectivity index (χ0) is 15.4. The van der Waals surface area contributed by atoms with E-state index in [0.717, 1.165) is 0 Å². The third-order valence-electron chi connectivity index (χ3n) is 3.05. The first-order valence-electron chi connectivity index (χ1n) is 6.26. The van der Waals surface area contributed by atoms with Crippen LogP contribution in [-0.4, -0.2) is 40.5 Å². The second kappa shape index (κ2) is 6.36. The Morgan fingerprint density at radius 1 is 1.38 bits per heavy atom. The number of aromatic nitrogens is 1. The van der Waals surface area contributed by atoms with Crippen LogP contribution in [-0.2, 0) is 6.42 Å². The maximum absolute atomic E-state index is 12.1. The van der Waals surface area contributed by atoms with Gasteiger partial charge in [0.25, 0.3) is 5.91 Å². The molecule has 2 rings (SSSR count). The minimum Gasteiger partial charge on any atom is -0.478 e. The van der Waals surface area contributed by atoms with Crippen LogP contribution < -0.4 is 5.73 Å². The Kier molecular flexibility index (Phi) is 4.54. The lowest BCUT2D eigenvalue weighted by atomic mass is 10.0. The van der Waals surface area contributed by atoms with Gasteiger partial charge in [0.05, 0.1) is 5.56 Å². The quantitative estimate of drug-likeness (QED) is 0.877. The van der Waals surface area contributed by atoms with Gasteiger partial charge >= 0.3 is 5.97 Å². The molecule has 0 spiro atoms. The van der Waals surface area contributed by atoms with Crippen LogP contribution >= 0.6 is 11.3 Å². The van der Waals surface area contributed by atoms with Gasteiger partial charge in [-0.25, -0.2) is 9.78 Å². The number of aromatic carboxylic acids is 1. The van der Waals surface area contributed by atoms with Gasteiger partial charge in [0.1, 0.15) is 5.69 Å². The van der Waals surface area contributed by atoms with E-state index in [9.17, 15) is 9.59 Å². The Morgan fingerprint density at radius 2 is 2.10 bits per heavy atom. The molecule has 0 aliphatic rings. The third kappa shape index (κ3) is 3.57. The van der Waals surface area contributed by atoms with Crippen LogP contribution in [0.5, 0.6) is 0 Å². The van der Waals surface area contributed by atoms with E-state index in [1.54, 1.807) is 36.7 Å². The molecule has 21 heavy (non-hydrogen) atoms. The predicted molar refractivity (Wildman–Crippen MR) is 80.6 cm³/mol. The molecule has 0 radical (unpaired) electrons. The van der Waals surface area contributed by atoms with Crippen LogP contribution in [0.3, 0.4) is 0 Å². The molecule has 1 aromatic carbocycles. The molecule has 3 N–H and O–H groups in total. The molecule has 0 saturated heterocycles. The topological polar surface area (TPSA) is 96.5 Å². The maximum atomic E-state index is 12.1. The molecule has 7 heteroatoms. The van der Waals surface area contributed by atoms with Crippen LogP contribution in [0.25, 0.3) is 0 Å². The normalized spacial score (nSPS) is 10.3. The molecule has 6 nitrogen and oxygen atoms in total. The summed E-state index contributed by atoms with van der Waals surface area (Å²) < 4.78 is 0. The summed E-state index contributed by atoms with van der Waals surface area (Å²) in [4.78, 5) is 28.7. The minimum atomic E-state index is -0.966. The van der Waals surface area contributed by atoms with E-state index in [4.69, 9.17) is 10.8 Å². The first-order valence-corrected chi connectivity index (χ1v) is 7.14. The molecule has 1 aromatic heterocycles. The highest BCUT2D eigenvalue weighted by Gasteiger charge is 2.16. The fourth-order valence-electron chi connectivity index (χ4n) is 1.92. The molecule has 0 bridgehead atoms. The van der Waals surface area contributed by atoms with E-state index in [0.29, 0.717) is 29.4 Å². The highest BCUT2D eigenvalue weighted by molar-refractivity contribution is 7.13. The Balaban J connectivity index is 2.03. The molecular formula is C14H15N3O3S. The fraction of sp³-hybridized carbons (Fsp3) is 0.214. The number of thiazole rings is 1. The van der Waals surface area contributed by atoms with Gasteiger partial charge in [-0.05, 0) is 18.1 Å². The molecule has 0 saturated carbocycles. The van der Waals surface area contributed by atoms with Crippen molar-refractivity contribution in [3.05, 3.63) is 46.5 Å². The van der Waals surface area contributed by atoms with Gasteiger partial charge < -0.3 is 15.7 Å². The molecule has 0 atom stereocenters. The Hall–Kier alpha value is -2.41. The number of carboxylic acid groups (broad SMARTS) is 1. The van der Waals surface area contributed by atoms with Crippen molar-refractivity contribution in [3.8, 4) is 0 Å². The lowest BCUT2D eigenvalue weighted by molar-refractivity contribution is 0.0695. The predicted octanol–water partition coefficient (Wildman–Crippen LogP) is 1.74. The Labute approximate surface area is 125 Å². The van der Waals surface area contributed by atoms with Gasteiger partial charge in [-0.2, -0.15) is 0 Å². The lowest BCUT2D eigenvalue weighted by Gasteiger charge is -2.16. The van der Waals surface area contributed by atoms with E-state index in [1.807, 2.05) is 0 Å². The largest absolute Gasteiger partial charge is 0.478 e. The first kappa shape index (κ1) is 15.0. The number of nitrogens with zero attached hydrogens (tertiary/aromatic N) is 2. The highest BCUT2D eigenvalue weighted by atomic mass is 32.1. The van der Waals surface area contributed by atoms with Crippen molar-refractivity contribution < 1.29 is 14.7 Å². The number of carboxylic acids is 1. The van der Waals surface area contributed by atoms with Gasteiger partial charge in [-0.1, -0.05) is 18.2 Å². The van der Waals surface area contributed by atoms with Crippen molar-refractivity contribution in [3.63, 3.8) is 0 Å². The summed E-state index contributed by atoms with van der Waals surface area (Å²) in [6.07, 6.45) is 0.463. The maximum Gasteiger partial charge on any atom is 0.335 e. The number of amides is 1. The van der Waals surface area contributed by atoms with Crippen LogP contribution in [0.4, 0.5) is 5.13 Å². The van der Waals surface area contributed by atoms with Gasteiger partial charge in [-0.3, -0.25) is 4.79 Å². The molecule has 0 aliphatic carbocycles. The Bertz CT molecular complexity index is 669. The molecule has 0 unspecified atom stereocenters. The number of hydrogen-bond acceptors (Lipinski definition) is 5. The van der Waals surface area contributed by atoms with Crippen molar-refractivity contribution in [1.29, 1.82) is 0 Å². The number of carbonyl (C=O) groups excluding carboxylic acids is 1. The van der Waals surface area contributed by atoms with E-state index in [1.165, 1.54) is 16.2 Å². The summed E-state index contributed by atoms with van der Waals surface area (Å²) in [7, 11) is 1.65. The van der Waals surface area contributed by atoms with E-state index < -0.39 is 5.97 Å². The number of anilines is 1. The minimum absolute atomic E-state index is 0.226. The van der Waals surface area contributed by atoms with Gasteiger partial charge in [-0.15, -0.1) is 11.3 Å². The zero-order valence-corrected chi connectivity index (χ0v) is 12.3. The van der Waals surface area contributed by atoms with Gasteiger partial charge in [0.2, 0.25) is 0 Å². The number of carbonyl (C=O) groups is 2. The van der Waals surface area contributed by atoms with E-state index in [-0.39, 0.29) is 11.5 Å². The van der Waals surface area contributed by atoms with Crippen molar-refractivity contribution in [2.75, 3.05) is 19.3 Å². The molecule has 0 fully saturated rings. The van der Waals surface area contributed by atoms with Crippen molar-refractivity contribution in [1.82, 2.24) is 9.88 Å². The summed E-state index contributed by atoms with van der Waals surface area (Å²) >= 11 is 1.21. The SMILES string of the molecule is CN(CCc1ccccc1C(=O)O)C(=O)c1csc(N)n1. The molecule has 0 aliphatic heterocycles. The lowest BCUT2D eigenvalue weighted by Crippen LogP contribution is -2.29. The van der Waals surface area contributed by atoms with Crippen LogP contribution in [0.15, 0.2) is 29.6 Å². The number of hydrogen-bond donors (Lipinski definition) is 2. The number of benzene rings is 1. The van der Waals surface area contributed by atoms with Crippen LogP contribution in [0.1, 0.15) is 26.4 Å². The van der Waals surface area contributed by atoms with E-state index in [2.05, 4.69) is 4.98 Å². The standard InChI is InChI=1S/C14H15N3O3S/c1-17(12(18)11-8-21-14(15)16-11)7-6-9-4-2-3-5-10(9)13(19)20/h2-5,8H,6-7H2,1H3,(H2,15,16)(H,19,20). The first-order chi connectivity index (χ1) is 9.99. The third-order valence-corrected chi connectivity index (χ3v) is 3.73. The van der Waals surface area contributed by atoms with Crippen LogP contribution in [0, 0.1) is 0 Å². The summed E-state index contributed by atoms with van der Waals surface area (Å²) in [6, 6.07) is 6.77. The van der Waals surface area contributed by atoms with Crippen molar-refractivity contribution in [2.24, 2.45) is 0 Å². The average molecular weight is 305 g/mol. The van der Waals surface area contributed by atoms with Crippen molar-refractivity contribution in [2.45, 2.75) is 6.42 Å². The molecule has 2 aromatic rings. The number of rotatable bonds is 5. The smallest absolute Gasteiger partial charge is 0.335 e. The average Bonchev–Trinajstić information content (AvgIpc) is 2.90. The summed E-state index contributed by atoms with van der Waals surface area (Å²) in [6.45, 7) is 0.403. The second-order valence-electron chi connectivity index (χ2n) is 4.51. The molecule has 110 valence electrons. The molecule has 1 heterocycles. The summed E-state index contributed by atoms with van der Waals surface area (Å²) in [5.74, 6) is -1.19. The second-order valence-corrected chi connectivity index (χ2v) is 5.40. The van der Waals surface area contributed by atoms with Crippen LogP contribution in [0.2, 0.25) is 0 Å². The van der Waals surface area contributed by atoms with Gasteiger partial charge in [0.15, 0.2) is 5.13 Å². The zero-order valence-electron chi connectivity index (χ0n) is 11.4. The number of nitrogens with two attached hydrogens (primary N) is 1. The summed E-state index contributed by atoms with van der Waals surface area (Å²) in [5.41, 5.74) is 6.77. The Morgan fingerprint density at radius 3 is 2.71 bits per heavy atom. The summed E-state index contributed by atoms with van der Waals surface area (Å²) in [5, 5.41) is 11.1. The molecular weight excluding hydrogens is 290 g/mol. The number of likely N-dealkylation sites (N-methyl/N-ethyl adjacent to an activating group) is 1. The van der Waals surface area contributed by atoms with Crippen molar-refractivity contribution >= 4 is 28.3 Å². The van der Waals surface area contributed by atoms with E-state index >= 15 is 0 Å². The fourth-order valence-corrected chi connectivity index (χ4v) is 2.45. The van der Waals surface area contributed by atoms with Gasteiger partial charge in [0, 0.05) is 19.0 Å². The monoisotopic (exact) mass is 305 g/mol.